The molecule has 3 aliphatic rings. The minimum Gasteiger partial charge on any atom is -0.357 e. The SMILES string of the molecule is O=C(C1CCN(c2ccc(S(=O)(=O)N3CCCCC3)cn2)CC1)N1CCCCC1. The van der Waals surface area contributed by atoms with Gasteiger partial charge in [0, 0.05) is 51.4 Å². The van der Waals surface area contributed by atoms with Gasteiger partial charge in [0.25, 0.3) is 0 Å². The monoisotopic (exact) mass is 420 g/mol. The Hall–Kier alpha value is -1.67. The van der Waals surface area contributed by atoms with Gasteiger partial charge in [-0.15, -0.1) is 0 Å². The number of nitrogens with zero attached hydrogens (tertiary/aromatic N) is 4. The predicted octanol–water partition coefficient (Wildman–Crippen LogP) is 2.49. The Balaban J connectivity index is 1.35. The molecule has 8 heteroatoms. The fourth-order valence-corrected chi connectivity index (χ4v) is 6.16. The molecular formula is C21H32N4O3S. The van der Waals surface area contributed by atoms with Gasteiger partial charge in [-0.25, -0.2) is 13.4 Å². The van der Waals surface area contributed by atoms with Gasteiger partial charge in [-0.1, -0.05) is 6.42 Å². The average molecular weight is 421 g/mol. The van der Waals surface area contributed by atoms with Crippen LogP contribution in [0.1, 0.15) is 51.4 Å². The molecule has 4 heterocycles. The summed E-state index contributed by atoms with van der Waals surface area (Å²) in [6.45, 7) is 4.59. The van der Waals surface area contributed by atoms with Crippen molar-refractivity contribution in [2.45, 2.75) is 56.3 Å². The maximum absolute atomic E-state index is 12.8. The van der Waals surface area contributed by atoms with Gasteiger partial charge < -0.3 is 9.80 Å². The number of anilines is 1. The molecule has 0 atom stereocenters. The first-order valence-corrected chi connectivity index (χ1v) is 12.5. The number of carbonyl (C=O) groups excluding carboxylic acids is 1. The van der Waals surface area contributed by atoms with Gasteiger partial charge in [-0.3, -0.25) is 4.79 Å². The number of amides is 1. The minimum absolute atomic E-state index is 0.114. The molecule has 3 saturated heterocycles. The van der Waals surface area contributed by atoms with E-state index in [1.54, 1.807) is 10.4 Å². The van der Waals surface area contributed by atoms with Crippen LogP contribution in [0.25, 0.3) is 0 Å². The first-order valence-electron chi connectivity index (χ1n) is 11.1. The van der Waals surface area contributed by atoms with Crippen LogP contribution in [0.5, 0.6) is 0 Å². The molecule has 0 aromatic carbocycles. The number of hydrogen-bond donors (Lipinski definition) is 0. The Morgan fingerprint density at radius 1 is 0.862 bits per heavy atom. The van der Waals surface area contributed by atoms with E-state index < -0.39 is 10.0 Å². The number of rotatable bonds is 4. The van der Waals surface area contributed by atoms with Gasteiger partial charge >= 0.3 is 0 Å². The van der Waals surface area contributed by atoms with Crippen molar-refractivity contribution in [1.29, 1.82) is 0 Å². The molecule has 160 valence electrons. The maximum Gasteiger partial charge on any atom is 0.244 e. The highest BCUT2D eigenvalue weighted by molar-refractivity contribution is 7.89. The summed E-state index contributed by atoms with van der Waals surface area (Å²) in [5, 5.41) is 0. The van der Waals surface area contributed by atoms with Crippen LogP contribution < -0.4 is 4.90 Å². The van der Waals surface area contributed by atoms with Crippen LogP contribution in [0.15, 0.2) is 23.2 Å². The number of pyridine rings is 1. The summed E-state index contributed by atoms with van der Waals surface area (Å²) in [5.41, 5.74) is 0. The van der Waals surface area contributed by atoms with Crippen molar-refractivity contribution in [2.24, 2.45) is 5.92 Å². The second-order valence-corrected chi connectivity index (χ2v) is 10.4. The number of likely N-dealkylation sites (tertiary alicyclic amines) is 1. The van der Waals surface area contributed by atoms with E-state index in [2.05, 4.69) is 9.88 Å². The third-order valence-electron chi connectivity index (χ3n) is 6.51. The lowest BCUT2D eigenvalue weighted by atomic mass is 9.94. The fourth-order valence-electron chi connectivity index (χ4n) is 4.69. The molecule has 0 aliphatic carbocycles. The molecule has 1 aromatic rings. The number of piperidine rings is 3. The largest absolute Gasteiger partial charge is 0.357 e. The van der Waals surface area contributed by atoms with Crippen LogP contribution in [0.2, 0.25) is 0 Å². The van der Waals surface area contributed by atoms with E-state index in [4.69, 9.17) is 0 Å². The molecular weight excluding hydrogens is 388 g/mol. The van der Waals surface area contributed by atoms with Gasteiger partial charge in [-0.05, 0) is 57.1 Å². The number of aromatic nitrogens is 1. The summed E-state index contributed by atoms with van der Waals surface area (Å²) in [6, 6.07) is 3.49. The standard InChI is InChI=1S/C21H32N4O3S/c26-21(24-11-3-1-4-12-24)18-9-15-23(16-10-18)20-8-7-19(17-22-20)29(27,28)25-13-5-2-6-14-25/h7-8,17-18H,1-6,9-16H2. The van der Waals surface area contributed by atoms with Gasteiger partial charge in [0.15, 0.2) is 0 Å². The lowest BCUT2D eigenvalue weighted by molar-refractivity contribution is -0.137. The van der Waals surface area contributed by atoms with Crippen molar-refractivity contribution in [3.05, 3.63) is 18.3 Å². The zero-order chi connectivity index (χ0) is 20.3. The first kappa shape index (κ1) is 20.6. The quantitative estimate of drug-likeness (QED) is 0.748. The second-order valence-electron chi connectivity index (χ2n) is 8.46. The van der Waals surface area contributed by atoms with E-state index in [1.807, 2.05) is 11.0 Å². The smallest absolute Gasteiger partial charge is 0.244 e. The zero-order valence-electron chi connectivity index (χ0n) is 17.1. The Kier molecular flexibility index (Phi) is 6.39. The molecule has 0 unspecified atom stereocenters. The minimum atomic E-state index is -3.44. The maximum atomic E-state index is 12.8. The van der Waals surface area contributed by atoms with Crippen molar-refractivity contribution in [2.75, 3.05) is 44.2 Å². The number of hydrogen-bond acceptors (Lipinski definition) is 5. The number of sulfonamides is 1. The lowest BCUT2D eigenvalue weighted by Gasteiger charge is -2.36. The molecule has 0 spiro atoms. The molecule has 29 heavy (non-hydrogen) atoms. The van der Waals surface area contributed by atoms with Crippen LogP contribution in [-0.4, -0.2) is 67.8 Å². The number of carbonyl (C=O) groups is 1. The molecule has 0 saturated carbocycles. The van der Waals surface area contributed by atoms with Crippen LogP contribution in [0.4, 0.5) is 5.82 Å². The molecule has 3 fully saturated rings. The highest BCUT2D eigenvalue weighted by Crippen LogP contribution is 2.26. The highest BCUT2D eigenvalue weighted by atomic mass is 32.2. The second kappa shape index (κ2) is 9.00. The summed E-state index contributed by atoms with van der Waals surface area (Å²) in [6.07, 6.45) is 9.60. The lowest BCUT2D eigenvalue weighted by Crippen LogP contribution is -2.44. The van der Waals surface area contributed by atoms with E-state index in [1.165, 1.54) is 12.6 Å². The molecule has 3 aliphatic heterocycles. The topological polar surface area (TPSA) is 73.8 Å². The van der Waals surface area contributed by atoms with E-state index in [0.717, 1.165) is 76.9 Å². The van der Waals surface area contributed by atoms with E-state index in [9.17, 15) is 13.2 Å². The van der Waals surface area contributed by atoms with Gasteiger partial charge in [0.05, 0.1) is 0 Å². The highest BCUT2D eigenvalue weighted by Gasteiger charge is 2.30. The normalized spacial score (nSPS) is 22.6. The van der Waals surface area contributed by atoms with Crippen molar-refractivity contribution in [1.82, 2.24) is 14.2 Å². The van der Waals surface area contributed by atoms with Crippen molar-refractivity contribution in [3.63, 3.8) is 0 Å². The van der Waals surface area contributed by atoms with Crippen molar-refractivity contribution < 1.29 is 13.2 Å². The molecule has 4 rings (SSSR count). The Morgan fingerprint density at radius 2 is 1.48 bits per heavy atom. The molecule has 1 aromatic heterocycles. The fraction of sp³-hybridized carbons (Fsp3) is 0.714. The van der Waals surface area contributed by atoms with Crippen LogP contribution in [-0.2, 0) is 14.8 Å². The van der Waals surface area contributed by atoms with Gasteiger partial charge in [0.1, 0.15) is 10.7 Å². The first-order chi connectivity index (χ1) is 14.1. The predicted molar refractivity (Wildman–Crippen MR) is 112 cm³/mol. The van der Waals surface area contributed by atoms with E-state index in [0.29, 0.717) is 19.0 Å². The Labute approximate surface area is 174 Å². The van der Waals surface area contributed by atoms with E-state index >= 15 is 0 Å². The summed E-state index contributed by atoms with van der Waals surface area (Å²) in [4.78, 5) is 21.7. The van der Waals surface area contributed by atoms with Crippen LogP contribution in [0, 0.1) is 5.92 Å². The molecule has 0 bridgehead atoms. The van der Waals surface area contributed by atoms with Crippen LogP contribution >= 0.6 is 0 Å². The molecule has 0 radical (unpaired) electrons. The van der Waals surface area contributed by atoms with Gasteiger partial charge in [0.2, 0.25) is 15.9 Å². The van der Waals surface area contributed by atoms with Gasteiger partial charge in [-0.2, -0.15) is 4.31 Å². The van der Waals surface area contributed by atoms with Crippen molar-refractivity contribution >= 4 is 21.7 Å². The van der Waals surface area contributed by atoms with E-state index in [-0.39, 0.29) is 10.8 Å². The average Bonchev–Trinajstić information content (AvgIpc) is 2.80. The molecule has 1 amide bonds. The third kappa shape index (κ3) is 4.58. The van der Waals surface area contributed by atoms with Crippen LogP contribution in [0.3, 0.4) is 0 Å². The molecule has 7 nitrogen and oxygen atoms in total. The Morgan fingerprint density at radius 3 is 2.07 bits per heavy atom. The summed E-state index contributed by atoms with van der Waals surface area (Å²) < 4.78 is 27.1. The third-order valence-corrected chi connectivity index (χ3v) is 8.39. The Bertz CT molecular complexity index is 792. The molecule has 0 N–H and O–H groups in total. The summed E-state index contributed by atoms with van der Waals surface area (Å²) in [7, 11) is -3.44. The zero-order valence-corrected chi connectivity index (χ0v) is 17.9. The summed E-state index contributed by atoms with van der Waals surface area (Å²) in [5.74, 6) is 1.23. The van der Waals surface area contributed by atoms with Crippen molar-refractivity contribution in [3.8, 4) is 0 Å². The summed E-state index contributed by atoms with van der Waals surface area (Å²) >= 11 is 0.